The van der Waals surface area contributed by atoms with Gasteiger partial charge < -0.3 is 20.4 Å². The summed E-state index contributed by atoms with van der Waals surface area (Å²) in [6.07, 6.45) is 8.08. The van der Waals surface area contributed by atoms with E-state index in [1.807, 2.05) is 6.92 Å². The Morgan fingerprint density at radius 2 is 1.71 bits per heavy atom. The van der Waals surface area contributed by atoms with Crippen LogP contribution >= 0.6 is 0 Å². The minimum absolute atomic E-state index is 0.177. The molecule has 11 unspecified atom stereocenters. The topological polar surface area (TPSA) is 80.9 Å². The van der Waals surface area contributed by atoms with Crippen LogP contribution in [0.4, 0.5) is 0 Å². The second kappa shape index (κ2) is 8.11. The number of hydrogen-bond donors (Lipinski definition) is 4. The lowest BCUT2D eigenvalue weighted by Gasteiger charge is -2.66. The highest BCUT2D eigenvalue weighted by molar-refractivity contribution is 5.19. The number of aliphatic hydroxyl groups is 4. The van der Waals surface area contributed by atoms with Gasteiger partial charge >= 0.3 is 0 Å². The summed E-state index contributed by atoms with van der Waals surface area (Å²) in [5.74, 6) is 2.52. The molecule has 0 aromatic rings. The van der Waals surface area contributed by atoms with Gasteiger partial charge in [0.2, 0.25) is 0 Å². The Labute approximate surface area is 189 Å². The molecular formula is C27H46O4. The molecular weight excluding hydrogens is 388 g/mol. The van der Waals surface area contributed by atoms with Crippen molar-refractivity contribution in [1.82, 2.24) is 0 Å². The maximum absolute atomic E-state index is 11.6. The van der Waals surface area contributed by atoms with Gasteiger partial charge in [0.05, 0.1) is 18.3 Å². The van der Waals surface area contributed by atoms with Gasteiger partial charge in [0.15, 0.2) is 0 Å². The quantitative estimate of drug-likeness (QED) is 0.493. The van der Waals surface area contributed by atoms with E-state index in [9.17, 15) is 20.4 Å². The number of fused-ring (bicyclic) bond motifs is 5. The second-order valence-electron chi connectivity index (χ2n) is 12.5. The van der Waals surface area contributed by atoms with Crippen LogP contribution < -0.4 is 0 Å². The molecule has 4 N–H and O–H groups in total. The minimum Gasteiger partial charge on any atom is -0.393 e. The van der Waals surface area contributed by atoms with Gasteiger partial charge in [-0.25, -0.2) is 0 Å². The largest absolute Gasteiger partial charge is 0.393 e. The lowest BCUT2D eigenvalue weighted by Crippen LogP contribution is -2.72. The van der Waals surface area contributed by atoms with Gasteiger partial charge in [0.1, 0.15) is 5.60 Å². The molecule has 0 saturated heterocycles. The van der Waals surface area contributed by atoms with Crippen LogP contribution in [0.2, 0.25) is 0 Å². The van der Waals surface area contributed by atoms with E-state index in [1.165, 1.54) is 24.8 Å². The van der Waals surface area contributed by atoms with Crippen molar-refractivity contribution in [3.05, 3.63) is 11.6 Å². The molecule has 0 radical (unpaired) electrons. The first kappa shape index (κ1) is 23.7. The zero-order valence-corrected chi connectivity index (χ0v) is 20.3. The summed E-state index contributed by atoms with van der Waals surface area (Å²) in [7, 11) is 0. The molecule has 0 aliphatic heterocycles. The smallest absolute Gasteiger partial charge is 0.101 e. The van der Waals surface area contributed by atoms with Gasteiger partial charge in [-0.1, -0.05) is 32.4 Å². The fourth-order valence-electron chi connectivity index (χ4n) is 9.14. The molecule has 0 bridgehead atoms. The monoisotopic (exact) mass is 434 g/mol. The summed E-state index contributed by atoms with van der Waals surface area (Å²) in [6, 6.07) is 0. The molecule has 4 fully saturated rings. The van der Waals surface area contributed by atoms with Crippen molar-refractivity contribution in [2.24, 2.45) is 40.4 Å². The zero-order valence-electron chi connectivity index (χ0n) is 20.3. The molecule has 0 aromatic carbocycles. The molecule has 4 aliphatic carbocycles. The van der Waals surface area contributed by atoms with E-state index >= 15 is 0 Å². The molecule has 0 aromatic heterocycles. The van der Waals surface area contributed by atoms with E-state index in [1.54, 1.807) is 0 Å². The maximum Gasteiger partial charge on any atom is 0.101 e. The molecule has 4 saturated carbocycles. The third-order valence-electron chi connectivity index (χ3n) is 10.9. The van der Waals surface area contributed by atoms with E-state index in [0.717, 1.165) is 19.3 Å². The summed E-state index contributed by atoms with van der Waals surface area (Å²) in [5.41, 5.74) is -0.454. The van der Waals surface area contributed by atoms with Crippen LogP contribution in [-0.2, 0) is 0 Å². The summed E-state index contributed by atoms with van der Waals surface area (Å²) in [5, 5.41) is 44.2. The van der Waals surface area contributed by atoms with Crippen molar-refractivity contribution >= 4 is 0 Å². The molecule has 4 nitrogen and oxygen atoms in total. The van der Waals surface area contributed by atoms with Crippen LogP contribution in [0.25, 0.3) is 0 Å². The SMILES string of the molecule is CC(C)=CCCC(C)C1CCC2C3CC(O)C4(O)CC(O)CC(O)C4(C)C3CCC12C. The minimum atomic E-state index is -1.39. The van der Waals surface area contributed by atoms with Crippen LogP contribution in [0.3, 0.4) is 0 Å². The van der Waals surface area contributed by atoms with Crippen LogP contribution in [0.15, 0.2) is 11.6 Å². The highest BCUT2D eigenvalue weighted by Crippen LogP contribution is 2.69. The van der Waals surface area contributed by atoms with E-state index in [-0.39, 0.29) is 17.8 Å². The van der Waals surface area contributed by atoms with Crippen molar-refractivity contribution in [3.63, 3.8) is 0 Å². The van der Waals surface area contributed by atoms with Crippen molar-refractivity contribution in [2.45, 2.75) is 116 Å². The average molecular weight is 435 g/mol. The Morgan fingerprint density at radius 3 is 2.39 bits per heavy atom. The Hall–Kier alpha value is -0.420. The molecule has 178 valence electrons. The Balaban J connectivity index is 1.58. The van der Waals surface area contributed by atoms with Crippen molar-refractivity contribution in [3.8, 4) is 0 Å². The number of hydrogen-bond acceptors (Lipinski definition) is 4. The Kier molecular flexibility index (Phi) is 6.21. The van der Waals surface area contributed by atoms with Crippen molar-refractivity contribution in [1.29, 1.82) is 0 Å². The van der Waals surface area contributed by atoms with Crippen LogP contribution in [0.1, 0.15) is 92.4 Å². The van der Waals surface area contributed by atoms with E-state index < -0.39 is 29.3 Å². The molecule has 4 rings (SSSR count). The lowest BCUT2D eigenvalue weighted by molar-refractivity contribution is -0.294. The average Bonchev–Trinajstić information content (AvgIpc) is 3.02. The first-order valence-corrected chi connectivity index (χ1v) is 12.8. The van der Waals surface area contributed by atoms with Gasteiger partial charge in [-0.3, -0.25) is 0 Å². The number of allylic oxidation sites excluding steroid dienone is 2. The van der Waals surface area contributed by atoms with E-state index in [0.29, 0.717) is 36.5 Å². The third-order valence-corrected chi connectivity index (χ3v) is 10.9. The first-order chi connectivity index (χ1) is 14.4. The molecule has 0 heterocycles. The highest BCUT2D eigenvalue weighted by Gasteiger charge is 2.70. The zero-order chi connectivity index (χ0) is 22.8. The summed E-state index contributed by atoms with van der Waals surface area (Å²) < 4.78 is 0. The molecule has 4 aliphatic rings. The van der Waals surface area contributed by atoms with Gasteiger partial charge in [0, 0.05) is 11.8 Å². The van der Waals surface area contributed by atoms with E-state index in [2.05, 4.69) is 33.8 Å². The molecule has 11 atom stereocenters. The highest BCUT2D eigenvalue weighted by atomic mass is 16.4. The Bertz CT molecular complexity index is 701. The Morgan fingerprint density at radius 1 is 1.00 bits per heavy atom. The van der Waals surface area contributed by atoms with Crippen LogP contribution in [0, 0.1) is 40.4 Å². The molecule has 0 spiro atoms. The van der Waals surface area contributed by atoms with E-state index in [4.69, 9.17) is 0 Å². The summed E-state index contributed by atoms with van der Waals surface area (Å²) in [4.78, 5) is 0. The predicted octanol–water partition coefficient (Wildman–Crippen LogP) is 4.45. The van der Waals surface area contributed by atoms with Gasteiger partial charge in [0.25, 0.3) is 0 Å². The summed E-state index contributed by atoms with van der Waals surface area (Å²) in [6.45, 7) is 11.3. The number of aliphatic hydroxyl groups excluding tert-OH is 3. The predicted molar refractivity (Wildman–Crippen MR) is 123 cm³/mol. The maximum atomic E-state index is 11.6. The number of rotatable bonds is 4. The second-order valence-corrected chi connectivity index (χ2v) is 12.5. The fourth-order valence-corrected chi connectivity index (χ4v) is 9.14. The molecule has 4 heteroatoms. The lowest BCUT2D eigenvalue weighted by atomic mass is 9.41. The third kappa shape index (κ3) is 3.47. The van der Waals surface area contributed by atoms with Crippen molar-refractivity contribution < 1.29 is 20.4 Å². The van der Waals surface area contributed by atoms with Crippen LogP contribution in [0.5, 0.6) is 0 Å². The van der Waals surface area contributed by atoms with Gasteiger partial charge in [-0.2, -0.15) is 0 Å². The van der Waals surface area contributed by atoms with Crippen LogP contribution in [-0.4, -0.2) is 44.3 Å². The standard InChI is InChI=1S/C27H46O4/c1-16(2)7-6-8-17(3)20-9-10-21-19-14-24(30)27(31)15-18(28)13-23(29)26(27,5)22(19)11-12-25(20,21)4/h7,17-24,28-31H,6,8-15H2,1-5H3. The van der Waals surface area contributed by atoms with Gasteiger partial charge in [-0.05, 0) is 100 Å². The first-order valence-electron chi connectivity index (χ1n) is 12.8. The molecule has 0 amide bonds. The van der Waals surface area contributed by atoms with Crippen molar-refractivity contribution in [2.75, 3.05) is 0 Å². The fraction of sp³-hybridized carbons (Fsp3) is 0.926. The normalized spacial score (nSPS) is 52.6. The van der Waals surface area contributed by atoms with Gasteiger partial charge in [-0.15, -0.1) is 0 Å². The summed E-state index contributed by atoms with van der Waals surface area (Å²) >= 11 is 0. The molecule has 31 heavy (non-hydrogen) atoms.